The summed E-state index contributed by atoms with van der Waals surface area (Å²) in [7, 11) is 0. The van der Waals surface area contributed by atoms with Gasteiger partial charge in [-0.3, -0.25) is 9.59 Å². The van der Waals surface area contributed by atoms with Gasteiger partial charge in [-0.15, -0.1) is 0 Å². The molecule has 0 bridgehead atoms. The number of piperidine rings is 1. The molecule has 1 aromatic carbocycles. The van der Waals surface area contributed by atoms with Gasteiger partial charge in [-0.25, -0.2) is 9.37 Å². The van der Waals surface area contributed by atoms with Crippen LogP contribution in [-0.4, -0.2) is 38.3 Å². The zero-order valence-corrected chi connectivity index (χ0v) is 16.8. The molecule has 1 N–H and O–H groups in total. The molecule has 0 radical (unpaired) electrons. The molecule has 6 nitrogen and oxygen atoms in total. The Morgan fingerprint density at radius 2 is 1.77 bits per heavy atom. The van der Waals surface area contributed by atoms with Gasteiger partial charge in [-0.2, -0.15) is 0 Å². The standard InChI is InChI=1S/C24H21FN4O2/c25-18-8-9-21-27-20(16-29(21)15-18)24(17-5-2-1-3-6-17)10-13-28(14-11-24)23(31)19-7-4-12-26-22(19)30/h1-9,12,15-16H,10-11,13-14H2,(H,26,30). The number of pyridine rings is 2. The fraction of sp³-hybridized carbons (Fsp3) is 0.208. The fourth-order valence-corrected chi connectivity index (χ4v) is 4.50. The van der Waals surface area contributed by atoms with Crippen LogP contribution >= 0.6 is 0 Å². The highest BCUT2D eigenvalue weighted by molar-refractivity contribution is 5.93. The number of aromatic amines is 1. The summed E-state index contributed by atoms with van der Waals surface area (Å²) in [5.74, 6) is -0.584. The summed E-state index contributed by atoms with van der Waals surface area (Å²) < 4.78 is 15.4. The molecular weight excluding hydrogens is 395 g/mol. The van der Waals surface area contributed by atoms with Crippen molar-refractivity contribution in [3.05, 3.63) is 106 Å². The Kier molecular flexibility index (Phi) is 4.66. The summed E-state index contributed by atoms with van der Waals surface area (Å²) in [6.07, 6.45) is 6.12. The molecule has 1 saturated heterocycles. The summed E-state index contributed by atoms with van der Waals surface area (Å²) in [6, 6.07) is 16.4. The second-order valence-corrected chi connectivity index (χ2v) is 7.89. The van der Waals surface area contributed by atoms with Crippen LogP contribution in [0.5, 0.6) is 0 Å². The number of imidazole rings is 1. The van der Waals surface area contributed by atoms with Gasteiger partial charge in [-0.1, -0.05) is 30.3 Å². The zero-order valence-electron chi connectivity index (χ0n) is 16.8. The van der Waals surface area contributed by atoms with Gasteiger partial charge in [0.1, 0.15) is 17.0 Å². The number of halogens is 1. The molecule has 3 aromatic heterocycles. The van der Waals surface area contributed by atoms with Crippen molar-refractivity contribution in [3.8, 4) is 0 Å². The van der Waals surface area contributed by atoms with Crippen LogP contribution in [0.3, 0.4) is 0 Å². The number of rotatable bonds is 3. The van der Waals surface area contributed by atoms with Crippen molar-refractivity contribution in [1.29, 1.82) is 0 Å². The van der Waals surface area contributed by atoms with E-state index in [0.29, 0.717) is 31.6 Å². The Morgan fingerprint density at radius 1 is 1.00 bits per heavy atom. The molecule has 1 fully saturated rings. The van der Waals surface area contributed by atoms with E-state index >= 15 is 0 Å². The molecule has 0 unspecified atom stereocenters. The predicted molar refractivity (Wildman–Crippen MR) is 115 cm³/mol. The van der Waals surface area contributed by atoms with E-state index in [1.807, 2.05) is 24.4 Å². The highest BCUT2D eigenvalue weighted by Crippen LogP contribution is 2.41. The van der Waals surface area contributed by atoms with Gasteiger partial charge >= 0.3 is 0 Å². The molecule has 156 valence electrons. The average Bonchev–Trinajstić information content (AvgIpc) is 3.23. The van der Waals surface area contributed by atoms with Gasteiger partial charge in [0.25, 0.3) is 11.5 Å². The van der Waals surface area contributed by atoms with Crippen LogP contribution in [0, 0.1) is 5.82 Å². The number of hydrogen-bond acceptors (Lipinski definition) is 3. The molecule has 0 aliphatic carbocycles. The molecule has 0 saturated carbocycles. The van der Waals surface area contributed by atoms with Crippen molar-refractivity contribution < 1.29 is 9.18 Å². The molecule has 1 amide bonds. The number of carbonyl (C=O) groups is 1. The third kappa shape index (κ3) is 3.32. The van der Waals surface area contributed by atoms with Crippen LogP contribution in [-0.2, 0) is 5.41 Å². The Hall–Kier alpha value is -3.74. The molecule has 31 heavy (non-hydrogen) atoms. The maximum Gasteiger partial charge on any atom is 0.260 e. The van der Waals surface area contributed by atoms with Crippen LogP contribution in [0.15, 0.2) is 78.0 Å². The van der Waals surface area contributed by atoms with Crippen LogP contribution in [0.4, 0.5) is 4.39 Å². The molecule has 4 aromatic rings. The number of hydrogen-bond donors (Lipinski definition) is 1. The third-order valence-electron chi connectivity index (χ3n) is 6.18. The Morgan fingerprint density at radius 3 is 2.52 bits per heavy atom. The van der Waals surface area contributed by atoms with E-state index in [9.17, 15) is 14.0 Å². The minimum atomic E-state index is -0.399. The van der Waals surface area contributed by atoms with Gasteiger partial charge in [0, 0.05) is 37.1 Å². The normalized spacial score (nSPS) is 15.8. The van der Waals surface area contributed by atoms with E-state index in [1.165, 1.54) is 18.5 Å². The summed E-state index contributed by atoms with van der Waals surface area (Å²) in [4.78, 5) is 34.1. The van der Waals surface area contributed by atoms with Crippen LogP contribution in [0.25, 0.3) is 5.65 Å². The van der Waals surface area contributed by atoms with Crippen LogP contribution in [0.2, 0.25) is 0 Å². The number of nitrogens with zero attached hydrogens (tertiary/aromatic N) is 3. The van der Waals surface area contributed by atoms with Crippen LogP contribution in [0.1, 0.15) is 34.5 Å². The first-order valence-electron chi connectivity index (χ1n) is 10.2. The minimum absolute atomic E-state index is 0.151. The number of likely N-dealkylation sites (tertiary alicyclic amines) is 1. The molecule has 5 rings (SSSR count). The van der Waals surface area contributed by atoms with E-state index in [-0.39, 0.29) is 22.8 Å². The zero-order chi connectivity index (χ0) is 21.4. The fourth-order valence-electron chi connectivity index (χ4n) is 4.50. The smallest absolute Gasteiger partial charge is 0.260 e. The maximum atomic E-state index is 13.7. The van der Waals surface area contributed by atoms with Crippen molar-refractivity contribution in [2.75, 3.05) is 13.1 Å². The number of benzene rings is 1. The van der Waals surface area contributed by atoms with Crippen molar-refractivity contribution in [1.82, 2.24) is 19.3 Å². The molecular formula is C24H21FN4O2. The van der Waals surface area contributed by atoms with E-state index in [4.69, 9.17) is 4.98 Å². The third-order valence-corrected chi connectivity index (χ3v) is 6.18. The number of amides is 1. The highest BCUT2D eigenvalue weighted by Gasteiger charge is 2.41. The average molecular weight is 416 g/mol. The second kappa shape index (κ2) is 7.50. The highest BCUT2D eigenvalue weighted by atomic mass is 19.1. The topological polar surface area (TPSA) is 70.5 Å². The van der Waals surface area contributed by atoms with Crippen molar-refractivity contribution in [2.24, 2.45) is 0 Å². The number of aromatic nitrogens is 3. The summed E-state index contributed by atoms with van der Waals surface area (Å²) in [5, 5.41) is 0. The molecule has 0 atom stereocenters. The molecule has 1 aliphatic rings. The SMILES string of the molecule is O=C(c1ccc[nH]c1=O)N1CCC(c2ccccc2)(c2cn3cc(F)ccc3n2)CC1. The van der Waals surface area contributed by atoms with Crippen molar-refractivity contribution in [3.63, 3.8) is 0 Å². The van der Waals surface area contributed by atoms with E-state index in [1.54, 1.807) is 27.5 Å². The van der Waals surface area contributed by atoms with Crippen LogP contribution < -0.4 is 5.56 Å². The summed E-state index contributed by atoms with van der Waals surface area (Å²) in [5.41, 5.74) is 2.02. The number of nitrogens with one attached hydrogen (secondary N) is 1. The summed E-state index contributed by atoms with van der Waals surface area (Å²) in [6.45, 7) is 0.981. The Balaban J connectivity index is 1.51. The maximum absolute atomic E-state index is 13.7. The monoisotopic (exact) mass is 416 g/mol. The molecule has 0 spiro atoms. The first-order valence-corrected chi connectivity index (χ1v) is 10.2. The van der Waals surface area contributed by atoms with Crippen molar-refractivity contribution in [2.45, 2.75) is 18.3 Å². The Labute approximate surface area is 178 Å². The molecule has 1 aliphatic heterocycles. The van der Waals surface area contributed by atoms with E-state index < -0.39 is 5.41 Å². The molecule has 7 heteroatoms. The minimum Gasteiger partial charge on any atom is -0.338 e. The largest absolute Gasteiger partial charge is 0.338 e. The lowest BCUT2D eigenvalue weighted by Crippen LogP contribution is -2.46. The van der Waals surface area contributed by atoms with Crippen molar-refractivity contribution >= 4 is 11.6 Å². The predicted octanol–water partition coefficient (Wildman–Crippen LogP) is 3.38. The lowest BCUT2D eigenvalue weighted by Gasteiger charge is -2.41. The van der Waals surface area contributed by atoms with E-state index in [2.05, 4.69) is 17.1 Å². The number of carbonyl (C=O) groups excluding carboxylic acids is 1. The van der Waals surface area contributed by atoms with E-state index in [0.717, 1.165) is 11.3 Å². The lowest BCUT2D eigenvalue weighted by atomic mass is 9.70. The van der Waals surface area contributed by atoms with Gasteiger partial charge in [0.05, 0.1) is 5.69 Å². The Bertz CT molecular complexity index is 1300. The summed E-state index contributed by atoms with van der Waals surface area (Å²) >= 11 is 0. The first kappa shape index (κ1) is 19.2. The number of H-pyrrole nitrogens is 1. The second-order valence-electron chi connectivity index (χ2n) is 7.89. The first-order chi connectivity index (χ1) is 15.1. The number of fused-ring (bicyclic) bond motifs is 1. The quantitative estimate of drug-likeness (QED) is 0.557. The van der Waals surface area contributed by atoms with Gasteiger partial charge in [-0.05, 0) is 42.7 Å². The van der Waals surface area contributed by atoms with Gasteiger partial charge in [0.15, 0.2) is 0 Å². The molecule has 4 heterocycles. The lowest BCUT2D eigenvalue weighted by molar-refractivity contribution is 0.0682. The van der Waals surface area contributed by atoms with Gasteiger partial charge in [0.2, 0.25) is 0 Å². The van der Waals surface area contributed by atoms with Gasteiger partial charge < -0.3 is 14.3 Å².